The molecule has 0 bridgehead atoms. The summed E-state index contributed by atoms with van der Waals surface area (Å²) in [4.78, 5) is 14.7. The van der Waals surface area contributed by atoms with Gasteiger partial charge in [0, 0.05) is 19.1 Å². The lowest BCUT2D eigenvalue weighted by Gasteiger charge is -2.41. The van der Waals surface area contributed by atoms with Gasteiger partial charge in [0.05, 0.1) is 5.92 Å². The zero-order valence-electron chi connectivity index (χ0n) is 11.2. The molecular formula is C14H26N2O. The summed E-state index contributed by atoms with van der Waals surface area (Å²) < 4.78 is 0. The minimum atomic E-state index is 0.250. The summed E-state index contributed by atoms with van der Waals surface area (Å²) in [6, 6.07) is 0.502. The Morgan fingerprint density at radius 1 is 1.41 bits per heavy atom. The van der Waals surface area contributed by atoms with Gasteiger partial charge in [0.25, 0.3) is 0 Å². The summed E-state index contributed by atoms with van der Waals surface area (Å²) in [5.74, 6) is 1.35. The van der Waals surface area contributed by atoms with E-state index in [1.54, 1.807) is 0 Å². The minimum absolute atomic E-state index is 0.250. The first-order valence-electron chi connectivity index (χ1n) is 7.25. The molecule has 17 heavy (non-hydrogen) atoms. The highest BCUT2D eigenvalue weighted by atomic mass is 16.2. The van der Waals surface area contributed by atoms with Gasteiger partial charge in [-0.25, -0.2) is 0 Å². The van der Waals surface area contributed by atoms with Crippen molar-refractivity contribution in [2.75, 3.05) is 19.6 Å². The van der Waals surface area contributed by atoms with E-state index >= 15 is 0 Å². The van der Waals surface area contributed by atoms with Crippen molar-refractivity contribution in [1.82, 2.24) is 10.2 Å². The van der Waals surface area contributed by atoms with Crippen LogP contribution < -0.4 is 5.32 Å². The molecule has 0 spiro atoms. The number of carbonyl (C=O) groups is 1. The number of rotatable bonds is 3. The molecule has 0 unspecified atom stereocenters. The third-order valence-electron chi connectivity index (χ3n) is 4.39. The molecule has 2 rings (SSSR count). The number of hydrogen-bond acceptors (Lipinski definition) is 2. The molecular weight excluding hydrogens is 212 g/mol. The van der Waals surface area contributed by atoms with E-state index in [-0.39, 0.29) is 5.92 Å². The molecule has 2 fully saturated rings. The molecule has 3 heteroatoms. The summed E-state index contributed by atoms with van der Waals surface area (Å²) in [6.45, 7) is 7.43. The van der Waals surface area contributed by atoms with Crippen molar-refractivity contribution >= 4 is 5.91 Å². The molecule has 0 radical (unpaired) electrons. The Labute approximate surface area is 105 Å². The van der Waals surface area contributed by atoms with Gasteiger partial charge in [0.1, 0.15) is 0 Å². The van der Waals surface area contributed by atoms with Gasteiger partial charge in [-0.15, -0.1) is 0 Å². The van der Waals surface area contributed by atoms with Crippen molar-refractivity contribution in [3.8, 4) is 0 Å². The third kappa shape index (κ3) is 2.82. The Hall–Kier alpha value is -0.570. The summed E-state index contributed by atoms with van der Waals surface area (Å²) in [5.41, 5.74) is 0. The van der Waals surface area contributed by atoms with E-state index in [1.807, 2.05) is 0 Å². The topological polar surface area (TPSA) is 32.3 Å². The molecule has 2 aliphatic rings. The highest BCUT2D eigenvalue weighted by Gasteiger charge is 2.35. The first-order chi connectivity index (χ1) is 8.24. The Bertz CT molecular complexity index is 261. The highest BCUT2D eigenvalue weighted by molar-refractivity contribution is 5.79. The van der Waals surface area contributed by atoms with Crippen LogP contribution in [0.2, 0.25) is 0 Å². The second kappa shape index (κ2) is 5.85. The van der Waals surface area contributed by atoms with Crippen LogP contribution in [0.4, 0.5) is 0 Å². The molecule has 2 saturated heterocycles. The smallest absolute Gasteiger partial charge is 0.227 e. The van der Waals surface area contributed by atoms with E-state index in [4.69, 9.17) is 0 Å². The highest BCUT2D eigenvalue weighted by Crippen LogP contribution is 2.28. The zero-order valence-corrected chi connectivity index (χ0v) is 11.2. The Kier molecular flexibility index (Phi) is 4.43. The molecule has 0 aromatic heterocycles. The van der Waals surface area contributed by atoms with E-state index < -0.39 is 0 Å². The van der Waals surface area contributed by atoms with Crippen LogP contribution in [0.3, 0.4) is 0 Å². The van der Waals surface area contributed by atoms with E-state index in [2.05, 4.69) is 24.1 Å². The molecule has 0 aromatic carbocycles. The fourth-order valence-electron chi connectivity index (χ4n) is 3.36. The van der Waals surface area contributed by atoms with Gasteiger partial charge in [-0.2, -0.15) is 0 Å². The van der Waals surface area contributed by atoms with E-state index in [0.29, 0.717) is 17.9 Å². The maximum Gasteiger partial charge on any atom is 0.227 e. The average molecular weight is 238 g/mol. The van der Waals surface area contributed by atoms with Crippen molar-refractivity contribution in [1.29, 1.82) is 0 Å². The SMILES string of the molecule is CCC[C@@H]1[C@@H](C)CCCN1C(=O)[C@@H]1CCNC1. The first-order valence-corrected chi connectivity index (χ1v) is 7.25. The molecule has 3 nitrogen and oxygen atoms in total. The van der Waals surface area contributed by atoms with Crippen molar-refractivity contribution in [3.05, 3.63) is 0 Å². The maximum absolute atomic E-state index is 12.5. The number of piperidine rings is 1. The van der Waals surface area contributed by atoms with Gasteiger partial charge in [-0.05, 0) is 38.1 Å². The average Bonchev–Trinajstić information content (AvgIpc) is 2.85. The second-order valence-corrected chi connectivity index (χ2v) is 5.70. The molecule has 0 saturated carbocycles. The molecule has 2 heterocycles. The molecule has 2 aliphatic heterocycles. The quantitative estimate of drug-likeness (QED) is 0.816. The number of likely N-dealkylation sites (tertiary alicyclic amines) is 1. The molecule has 0 aliphatic carbocycles. The van der Waals surface area contributed by atoms with Gasteiger partial charge < -0.3 is 10.2 Å². The van der Waals surface area contributed by atoms with E-state index in [0.717, 1.165) is 26.1 Å². The van der Waals surface area contributed by atoms with Gasteiger partial charge >= 0.3 is 0 Å². The maximum atomic E-state index is 12.5. The monoisotopic (exact) mass is 238 g/mol. The number of carbonyl (C=O) groups excluding carboxylic acids is 1. The number of nitrogens with zero attached hydrogens (tertiary/aromatic N) is 1. The Balaban J connectivity index is 2.02. The normalized spacial score (nSPS) is 34.0. The fraction of sp³-hybridized carbons (Fsp3) is 0.929. The molecule has 98 valence electrons. The van der Waals surface area contributed by atoms with Crippen LogP contribution in [0.25, 0.3) is 0 Å². The minimum Gasteiger partial charge on any atom is -0.339 e. The Morgan fingerprint density at radius 3 is 2.88 bits per heavy atom. The van der Waals surface area contributed by atoms with Crippen molar-refractivity contribution in [2.24, 2.45) is 11.8 Å². The van der Waals surface area contributed by atoms with Gasteiger partial charge in [-0.1, -0.05) is 20.3 Å². The van der Waals surface area contributed by atoms with Gasteiger partial charge in [-0.3, -0.25) is 4.79 Å². The lowest BCUT2D eigenvalue weighted by Crippen LogP contribution is -2.50. The lowest BCUT2D eigenvalue weighted by atomic mass is 9.87. The van der Waals surface area contributed by atoms with Crippen LogP contribution in [0.5, 0.6) is 0 Å². The van der Waals surface area contributed by atoms with Crippen molar-refractivity contribution < 1.29 is 4.79 Å². The predicted octanol–water partition coefficient (Wildman–Crippen LogP) is 2.02. The van der Waals surface area contributed by atoms with Crippen LogP contribution >= 0.6 is 0 Å². The fourth-order valence-corrected chi connectivity index (χ4v) is 3.36. The Morgan fingerprint density at radius 2 is 2.24 bits per heavy atom. The zero-order chi connectivity index (χ0) is 12.3. The summed E-state index contributed by atoms with van der Waals surface area (Å²) in [5, 5.41) is 3.30. The van der Waals surface area contributed by atoms with Gasteiger partial charge in [0.15, 0.2) is 0 Å². The predicted molar refractivity (Wildman–Crippen MR) is 69.8 cm³/mol. The molecule has 0 aromatic rings. The number of amides is 1. The standard InChI is InChI=1S/C14H26N2O/c1-3-5-13-11(2)6-4-9-16(13)14(17)12-7-8-15-10-12/h11-13,15H,3-10H2,1-2H3/t11-,12+,13+/m0/s1. The molecule has 3 atom stereocenters. The van der Waals surface area contributed by atoms with Gasteiger partial charge in [0.2, 0.25) is 5.91 Å². The van der Waals surface area contributed by atoms with E-state index in [1.165, 1.54) is 25.7 Å². The molecule has 1 amide bonds. The van der Waals surface area contributed by atoms with Crippen LogP contribution in [0, 0.1) is 11.8 Å². The third-order valence-corrected chi connectivity index (χ3v) is 4.39. The largest absolute Gasteiger partial charge is 0.339 e. The molecule has 1 N–H and O–H groups in total. The first kappa shape index (κ1) is 12.9. The van der Waals surface area contributed by atoms with Crippen LogP contribution in [0.1, 0.15) is 46.0 Å². The van der Waals surface area contributed by atoms with Crippen molar-refractivity contribution in [3.63, 3.8) is 0 Å². The van der Waals surface area contributed by atoms with Crippen LogP contribution in [-0.2, 0) is 4.79 Å². The summed E-state index contributed by atoms with van der Waals surface area (Å²) in [7, 11) is 0. The van der Waals surface area contributed by atoms with Crippen LogP contribution in [-0.4, -0.2) is 36.5 Å². The number of hydrogen-bond donors (Lipinski definition) is 1. The summed E-state index contributed by atoms with van der Waals surface area (Å²) in [6.07, 6.45) is 5.86. The summed E-state index contributed by atoms with van der Waals surface area (Å²) >= 11 is 0. The second-order valence-electron chi connectivity index (χ2n) is 5.70. The van der Waals surface area contributed by atoms with Crippen molar-refractivity contribution in [2.45, 2.75) is 52.0 Å². The lowest BCUT2D eigenvalue weighted by molar-refractivity contribution is -0.140. The van der Waals surface area contributed by atoms with E-state index in [9.17, 15) is 4.79 Å². The van der Waals surface area contributed by atoms with Crippen LogP contribution in [0.15, 0.2) is 0 Å². The number of nitrogens with one attached hydrogen (secondary N) is 1.